The summed E-state index contributed by atoms with van der Waals surface area (Å²) in [7, 11) is 0. The fourth-order valence-corrected chi connectivity index (χ4v) is 4.10. The summed E-state index contributed by atoms with van der Waals surface area (Å²) in [5, 5.41) is 12.2. The van der Waals surface area contributed by atoms with E-state index in [0.717, 1.165) is 53.0 Å². The van der Waals surface area contributed by atoms with E-state index in [1.807, 2.05) is 37.3 Å². The summed E-state index contributed by atoms with van der Waals surface area (Å²) in [6.45, 7) is 2.90. The summed E-state index contributed by atoms with van der Waals surface area (Å²) in [5.41, 5.74) is 4.92. The fraction of sp³-hybridized carbons (Fsp3) is 0.261. The standard InChI is InChI=1S/C23H22N4O2/c1-15-5-7-20-18(13-29-21(20)9-15)11-23(28)25-19-4-2-3-16(10-19)17-6-8-22-26-24-14-27(22)12-17/h2-5,7,9-10,13-14,17H,6,8,11-12H2,1H3,(H,25,28)/t17-/m0/s1. The van der Waals surface area contributed by atoms with Gasteiger partial charge in [-0.2, -0.15) is 0 Å². The van der Waals surface area contributed by atoms with Gasteiger partial charge in [0, 0.05) is 35.5 Å². The number of rotatable bonds is 4. The smallest absolute Gasteiger partial charge is 0.228 e. The van der Waals surface area contributed by atoms with E-state index in [1.165, 1.54) is 5.56 Å². The molecule has 3 heterocycles. The van der Waals surface area contributed by atoms with Crippen LogP contribution < -0.4 is 5.32 Å². The van der Waals surface area contributed by atoms with Crippen molar-refractivity contribution in [2.75, 3.05) is 5.32 Å². The molecule has 0 saturated heterocycles. The van der Waals surface area contributed by atoms with Crippen LogP contribution in [-0.4, -0.2) is 20.7 Å². The Hall–Kier alpha value is -3.41. The molecule has 1 aliphatic rings. The van der Waals surface area contributed by atoms with Crippen molar-refractivity contribution in [3.8, 4) is 0 Å². The molecule has 2 aromatic carbocycles. The Labute approximate surface area is 168 Å². The molecule has 0 radical (unpaired) electrons. The van der Waals surface area contributed by atoms with E-state index < -0.39 is 0 Å². The molecule has 0 bridgehead atoms. The zero-order valence-corrected chi connectivity index (χ0v) is 16.3. The third-order valence-electron chi connectivity index (χ3n) is 5.63. The van der Waals surface area contributed by atoms with Crippen LogP contribution in [0.3, 0.4) is 0 Å². The van der Waals surface area contributed by atoms with E-state index in [0.29, 0.717) is 5.92 Å². The summed E-state index contributed by atoms with van der Waals surface area (Å²) >= 11 is 0. The van der Waals surface area contributed by atoms with Crippen LogP contribution >= 0.6 is 0 Å². The van der Waals surface area contributed by atoms with Crippen LogP contribution in [0.1, 0.15) is 34.9 Å². The first-order valence-corrected chi connectivity index (χ1v) is 9.89. The van der Waals surface area contributed by atoms with E-state index >= 15 is 0 Å². The number of nitrogens with zero attached hydrogens (tertiary/aromatic N) is 3. The van der Waals surface area contributed by atoms with Crippen molar-refractivity contribution in [1.29, 1.82) is 0 Å². The highest BCUT2D eigenvalue weighted by molar-refractivity contribution is 5.95. The Balaban J connectivity index is 1.29. The lowest BCUT2D eigenvalue weighted by molar-refractivity contribution is -0.115. The summed E-state index contributed by atoms with van der Waals surface area (Å²) in [4.78, 5) is 12.6. The molecular formula is C23H22N4O2. The van der Waals surface area contributed by atoms with Crippen LogP contribution in [0.2, 0.25) is 0 Å². The van der Waals surface area contributed by atoms with E-state index in [-0.39, 0.29) is 12.3 Å². The first-order valence-electron chi connectivity index (χ1n) is 9.89. The predicted molar refractivity (Wildman–Crippen MR) is 111 cm³/mol. The molecule has 5 rings (SSSR count). The minimum atomic E-state index is -0.0461. The summed E-state index contributed by atoms with van der Waals surface area (Å²) in [6, 6.07) is 14.2. The van der Waals surface area contributed by atoms with Crippen molar-refractivity contribution in [2.45, 2.75) is 38.6 Å². The molecular weight excluding hydrogens is 364 g/mol. The van der Waals surface area contributed by atoms with E-state index in [4.69, 9.17) is 4.42 Å². The average molecular weight is 386 g/mol. The Kier molecular flexibility index (Phi) is 4.39. The van der Waals surface area contributed by atoms with Gasteiger partial charge in [-0.1, -0.05) is 24.3 Å². The van der Waals surface area contributed by atoms with E-state index in [1.54, 1.807) is 12.6 Å². The topological polar surface area (TPSA) is 73.0 Å². The van der Waals surface area contributed by atoms with Gasteiger partial charge in [0.2, 0.25) is 5.91 Å². The number of hydrogen-bond acceptors (Lipinski definition) is 4. The molecule has 146 valence electrons. The molecule has 4 aromatic rings. The van der Waals surface area contributed by atoms with Crippen molar-refractivity contribution in [2.24, 2.45) is 0 Å². The van der Waals surface area contributed by atoms with Crippen LogP contribution in [0, 0.1) is 6.92 Å². The maximum atomic E-state index is 12.6. The number of fused-ring (bicyclic) bond motifs is 2. The lowest BCUT2D eigenvalue weighted by Crippen LogP contribution is -2.19. The van der Waals surface area contributed by atoms with Gasteiger partial charge in [-0.25, -0.2) is 0 Å². The molecule has 0 saturated carbocycles. The predicted octanol–water partition coefficient (Wildman–Crippen LogP) is 4.24. The second-order valence-electron chi connectivity index (χ2n) is 7.75. The van der Waals surface area contributed by atoms with E-state index in [9.17, 15) is 4.79 Å². The van der Waals surface area contributed by atoms with Crippen LogP contribution in [-0.2, 0) is 24.2 Å². The highest BCUT2D eigenvalue weighted by Crippen LogP contribution is 2.29. The van der Waals surface area contributed by atoms with Gasteiger partial charge in [0.1, 0.15) is 17.7 Å². The van der Waals surface area contributed by atoms with Crippen molar-refractivity contribution >= 4 is 22.6 Å². The van der Waals surface area contributed by atoms with Gasteiger partial charge in [0.25, 0.3) is 0 Å². The highest BCUT2D eigenvalue weighted by atomic mass is 16.3. The molecule has 6 nitrogen and oxygen atoms in total. The lowest BCUT2D eigenvalue weighted by Gasteiger charge is -2.23. The monoisotopic (exact) mass is 386 g/mol. The normalized spacial score (nSPS) is 16.0. The number of carbonyl (C=O) groups is 1. The number of aryl methyl sites for hydroxylation is 2. The highest BCUT2D eigenvalue weighted by Gasteiger charge is 2.21. The number of amides is 1. The molecule has 2 aromatic heterocycles. The molecule has 1 aliphatic heterocycles. The molecule has 6 heteroatoms. The molecule has 1 amide bonds. The zero-order valence-electron chi connectivity index (χ0n) is 16.3. The van der Waals surface area contributed by atoms with Crippen molar-refractivity contribution in [3.63, 3.8) is 0 Å². The number of hydrogen-bond donors (Lipinski definition) is 1. The van der Waals surface area contributed by atoms with E-state index in [2.05, 4.69) is 32.2 Å². The molecule has 1 atom stereocenters. The second-order valence-corrected chi connectivity index (χ2v) is 7.75. The minimum Gasteiger partial charge on any atom is -0.464 e. The first kappa shape index (κ1) is 17.7. The van der Waals surface area contributed by atoms with Gasteiger partial charge in [-0.3, -0.25) is 4.79 Å². The minimum absolute atomic E-state index is 0.0461. The SMILES string of the molecule is Cc1ccc2c(CC(=O)Nc3cccc([C@H]4CCc5nncn5C4)c3)coc2c1. The third kappa shape index (κ3) is 3.53. The van der Waals surface area contributed by atoms with Crippen LogP contribution in [0.4, 0.5) is 5.69 Å². The van der Waals surface area contributed by atoms with Gasteiger partial charge < -0.3 is 14.3 Å². The quantitative estimate of drug-likeness (QED) is 0.569. The van der Waals surface area contributed by atoms with Gasteiger partial charge in [-0.15, -0.1) is 10.2 Å². The van der Waals surface area contributed by atoms with Gasteiger partial charge in [0.05, 0.1) is 12.7 Å². The maximum Gasteiger partial charge on any atom is 0.228 e. The van der Waals surface area contributed by atoms with Gasteiger partial charge in [0.15, 0.2) is 0 Å². The van der Waals surface area contributed by atoms with Crippen LogP contribution in [0.15, 0.2) is 59.5 Å². The van der Waals surface area contributed by atoms with Gasteiger partial charge in [-0.05, 0) is 42.7 Å². The Morgan fingerprint density at radius 3 is 3.14 bits per heavy atom. The molecule has 0 spiro atoms. The number of benzene rings is 2. The van der Waals surface area contributed by atoms with Gasteiger partial charge >= 0.3 is 0 Å². The summed E-state index contributed by atoms with van der Waals surface area (Å²) < 4.78 is 7.73. The third-order valence-corrected chi connectivity index (χ3v) is 5.63. The zero-order chi connectivity index (χ0) is 19.8. The Morgan fingerprint density at radius 1 is 1.28 bits per heavy atom. The largest absolute Gasteiger partial charge is 0.464 e. The number of aromatic nitrogens is 3. The maximum absolute atomic E-state index is 12.6. The second kappa shape index (κ2) is 7.20. The number of nitrogens with one attached hydrogen (secondary N) is 1. The lowest BCUT2D eigenvalue weighted by atomic mass is 9.91. The van der Waals surface area contributed by atoms with Crippen molar-refractivity contribution in [3.05, 3.63) is 77.6 Å². The summed E-state index contributed by atoms with van der Waals surface area (Å²) in [5.74, 6) is 1.40. The van der Waals surface area contributed by atoms with Crippen molar-refractivity contribution < 1.29 is 9.21 Å². The number of anilines is 1. The van der Waals surface area contributed by atoms with Crippen LogP contribution in [0.5, 0.6) is 0 Å². The fourth-order valence-electron chi connectivity index (χ4n) is 4.10. The number of carbonyl (C=O) groups excluding carboxylic acids is 1. The molecule has 0 aliphatic carbocycles. The molecule has 1 N–H and O–H groups in total. The first-order chi connectivity index (χ1) is 14.2. The Bertz CT molecular complexity index is 1190. The molecule has 29 heavy (non-hydrogen) atoms. The Morgan fingerprint density at radius 2 is 2.21 bits per heavy atom. The number of furan rings is 1. The van der Waals surface area contributed by atoms with Crippen LogP contribution in [0.25, 0.3) is 11.0 Å². The molecule has 0 fully saturated rings. The van der Waals surface area contributed by atoms with Crippen molar-refractivity contribution in [1.82, 2.24) is 14.8 Å². The average Bonchev–Trinajstić information content (AvgIpc) is 3.34. The summed E-state index contributed by atoms with van der Waals surface area (Å²) in [6.07, 6.45) is 5.72. The molecule has 0 unspecified atom stereocenters.